The molecule has 38 heavy (non-hydrogen) atoms. The molecule has 0 atom stereocenters. The van der Waals surface area contributed by atoms with Crippen LogP contribution in [-0.2, 0) is 4.74 Å². The van der Waals surface area contributed by atoms with Crippen molar-refractivity contribution in [3.8, 4) is 22.8 Å². The molecule has 0 fully saturated rings. The van der Waals surface area contributed by atoms with Gasteiger partial charge in [0, 0.05) is 28.2 Å². The molecule has 0 radical (unpaired) electrons. The van der Waals surface area contributed by atoms with Gasteiger partial charge in [0.15, 0.2) is 12.4 Å². The van der Waals surface area contributed by atoms with Crippen LogP contribution in [0.25, 0.3) is 22.8 Å². The highest BCUT2D eigenvalue weighted by Crippen LogP contribution is 2.24. The Balaban J connectivity index is 1.37. The summed E-state index contributed by atoms with van der Waals surface area (Å²) in [5.41, 5.74) is 7.17. The minimum Gasteiger partial charge on any atom is -0.451 e. The van der Waals surface area contributed by atoms with Crippen LogP contribution in [0.3, 0.4) is 0 Å². The minimum atomic E-state index is -0.756. The molecule has 7 nitrogen and oxygen atoms in total. The van der Waals surface area contributed by atoms with E-state index in [9.17, 15) is 9.59 Å². The predicted molar refractivity (Wildman–Crippen MR) is 146 cm³/mol. The first-order chi connectivity index (χ1) is 18.3. The minimum absolute atomic E-state index is 0.110. The van der Waals surface area contributed by atoms with Gasteiger partial charge in [-0.1, -0.05) is 54.6 Å². The summed E-state index contributed by atoms with van der Waals surface area (Å²) in [7, 11) is 0. The largest absolute Gasteiger partial charge is 0.451 e. The lowest BCUT2D eigenvalue weighted by atomic mass is 10.1. The molecular weight excluding hydrogens is 476 g/mol. The number of ether oxygens (including phenoxy) is 1. The smallest absolute Gasteiger partial charge is 0.378 e. The van der Waals surface area contributed by atoms with Crippen LogP contribution in [0.2, 0.25) is 0 Å². The van der Waals surface area contributed by atoms with E-state index >= 15 is 0 Å². The zero-order valence-corrected chi connectivity index (χ0v) is 21.8. The first-order valence-corrected chi connectivity index (χ1v) is 12.4. The summed E-state index contributed by atoms with van der Waals surface area (Å²) in [5, 5.41) is 4.41. The number of esters is 1. The molecule has 7 heteroatoms. The Labute approximate surface area is 221 Å². The topological polar surface area (TPSA) is 79.0 Å². The Bertz CT molecular complexity index is 1580. The van der Waals surface area contributed by atoms with E-state index in [1.54, 1.807) is 4.68 Å². The van der Waals surface area contributed by atoms with Gasteiger partial charge >= 0.3 is 5.97 Å². The van der Waals surface area contributed by atoms with Crippen molar-refractivity contribution >= 4 is 11.8 Å². The Morgan fingerprint density at radius 1 is 0.789 bits per heavy atom. The molecule has 2 aromatic heterocycles. The SMILES string of the molecule is Cc1ccc(-n2c(C)cc(C(=O)COC(=O)c3nc(-c4ccccc4)n(-c4ccccc4)n3)c2C)cc1C. The van der Waals surface area contributed by atoms with E-state index in [0.29, 0.717) is 11.4 Å². The molecule has 5 aromatic rings. The van der Waals surface area contributed by atoms with E-state index in [1.165, 1.54) is 11.1 Å². The highest BCUT2D eigenvalue weighted by Gasteiger charge is 2.23. The van der Waals surface area contributed by atoms with Crippen molar-refractivity contribution in [2.24, 2.45) is 0 Å². The van der Waals surface area contributed by atoms with Crippen LogP contribution in [-0.4, -0.2) is 37.7 Å². The number of ketones is 1. The van der Waals surface area contributed by atoms with Gasteiger partial charge < -0.3 is 9.30 Å². The predicted octanol–water partition coefficient (Wildman–Crippen LogP) is 6.00. The lowest BCUT2D eigenvalue weighted by molar-refractivity contribution is 0.0462. The molecule has 2 heterocycles. The summed E-state index contributed by atoms with van der Waals surface area (Å²) in [6.45, 7) is 7.58. The molecule has 0 bridgehead atoms. The molecule has 0 aliphatic heterocycles. The number of para-hydroxylation sites is 1. The molecule has 0 spiro atoms. The third-order valence-electron chi connectivity index (χ3n) is 6.64. The molecule has 0 aliphatic rings. The molecular formula is C31H28N4O3. The average Bonchev–Trinajstić information content (AvgIpc) is 3.51. The van der Waals surface area contributed by atoms with Gasteiger partial charge in [-0.25, -0.2) is 14.5 Å². The van der Waals surface area contributed by atoms with Gasteiger partial charge in [-0.15, -0.1) is 5.10 Å². The van der Waals surface area contributed by atoms with Crippen LogP contribution in [0.1, 0.15) is 43.5 Å². The van der Waals surface area contributed by atoms with Crippen molar-refractivity contribution in [2.75, 3.05) is 6.61 Å². The van der Waals surface area contributed by atoms with Gasteiger partial charge in [0.05, 0.1) is 5.69 Å². The first kappa shape index (κ1) is 24.9. The van der Waals surface area contributed by atoms with E-state index in [0.717, 1.165) is 28.3 Å². The number of aryl methyl sites for hydroxylation is 3. The quantitative estimate of drug-likeness (QED) is 0.201. The maximum atomic E-state index is 13.1. The lowest BCUT2D eigenvalue weighted by Gasteiger charge is -2.12. The fraction of sp³-hybridized carbons (Fsp3) is 0.161. The number of carbonyl (C=O) groups excluding carboxylic acids is 2. The van der Waals surface area contributed by atoms with Gasteiger partial charge in [0.25, 0.3) is 5.82 Å². The molecule has 190 valence electrons. The Hall–Kier alpha value is -4.78. The Morgan fingerprint density at radius 3 is 2.16 bits per heavy atom. The highest BCUT2D eigenvalue weighted by molar-refractivity contribution is 6.00. The fourth-order valence-electron chi connectivity index (χ4n) is 4.50. The monoisotopic (exact) mass is 504 g/mol. The van der Waals surface area contributed by atoms with Crippen LogP contribution in [0.5, 0.6) is 0 Å². The summed E-state index contributed by atoms with van der Waals surface area (Å²) in [5.74, 6) is -0.645. The molecule has 0 saturated heterocycles. The number of aromatic nitrogens is 4. The number of hydrogen-bond donors (Lipinski definition) is 0. The van der Waals surface area contributed by atoms with Gasteiger partial charge in [-0.3, -0.25) is 4.79 Å². The lowest BCUT2D eigenvalue weighted by Crippen LogP contribution is -2.16. The average molecular weight is 505 g/mol. The van der Waals surface area contributed by atoms with Gasteiger partial charge in [0.2, 0.25) is 5.78 Å². The van der Waals surface area contributed by atoms with E-state index in [2.05, 4.69) is 36.1 Å². The second-order valence-corrected chi connectivity index (χ2v) is 9.26. The van der Waals surface area contributed by atoms with Crippen LogP contribution < -0.4 is 0 Å². The number of nitrogens with zero attached hydrogens (tertiary/aromatic N) is 4. The summed E-state index contributed by atoms with van der Waals surface area (Å²) in [6.07, 6.45) is 0. The zero-order valence-electron chi connectivity index (χ0n) is 21.8. The van der Waals surface area contributed by atoms with Crippen LogP contribution in [0.4, 0.5) is 0 Å². The highest BCUT2D eigenvalue weighted by atomic mass is 16.5. The maximum Gasteiger partial charge on any atom is 0.378 e. The molecule has 0 aliphatic carbocycles. The Morgan fingerprint density at radius 2 is 1.47 bits per heavy atom. The van der Waals surface area contributed by atoms with Crippen LogP contribution in [0, 0.1) is 27.7 Å². The van der Waals surface area contributed by atoms with E-state index in [4.69, 9.17) is 4.74 Å². The third kappa shape index (κ3) is 4.78. The number of benzene rings is 3. The van der Waals surface area contributed by atoms with Crippen molar-refractivity contribution in [3.63, 3.8) is 0 Å². The zero-order chi connectivity index (χ0) is 26.8. The van der Waals surface area contributed by atoms with Gasteiger partial charge in [-0.05, 0) is 69.2 Å². The third-order valence-corrected chi connectivity index (χ3v) is 6.64. The molecule has 0 saturated carbocycles. The Kier molecular flexibility index (Phi) is 6.75. The van der Waals surface area contributed by atoms with E-state index in [-0.39, 0.29) is 11.6 Å². The standard InChI is InChI=1S/C31H28N4O3/c1-20-15-16-26(17-21(20)2)34-22(3)18-27(23(34)4)28(36)19-38-31(37)29-32-30(24-11-7-5-8-12-24)35(33-29)25-13-9-6-10-14-25/h5-18H,19H2,1-4H3. The van der Waals surface area contributed by atoms with Crippen molar-refractivity contribution in [3.05, 3.63) is 119 Å². The van der Waals surface area contributed by atoms with Gasteiger partial charge in [0.1, 0.15) is 0 Å². The number of Topliss-reactive ketones (excluding diaryl/α,β-unsaturated/α-hetero) is 1. The van der Waals surface area contributed by atoms with Crippen molar-refractivity contribution in [2.45, 2.75) is 27.7 Å². The maximum absolute atomic E-state index is 13.1. The molecule has 5 rings (SSSR count). The number of hydrogen-bond acceptors (Lipinski definition) is 5. The van der Waals surface area contributed by atoms with Crippen molar-refractivity contribution < 1.29 is 14.3 Å². The van der Waals surface area contributed by atoms with Crippen molar-refractivity contribution in [1.82, 2.24) is 19.3 Å². The normalized spacial score (nSPS) is 10.9. The molecule has 0 amide bonds. The summed E-state index contributed by atoms with van der Waals surface area (Å²) < 4.78 is 9.03. The van der Waals surface area contributed by atoms with Crippen LogP contribution >= 0.6 is 0 Å². The summed E-state index contributed by atoms with van der Waals surface area (Å²) in [6, 6.07) is 27.0. The second-order valence-electron chi connectivity index (χ2n) is 9.26. The summed E-state index contributed by atoms with van der Waals surface area (Å²) in [4.78, 5) is 30.5. The molecule has 0 N–H and O–H groups in total. The number of carbonyl (C=O) groups is 2. The van der Waals surface area contributed by atoms with Crippen molar-refractivity contribution in [1.29, 1.82) is 0 Å². The van der Waals surface area contributed by atoms with E-state index in [1.807, 2.05) is 91.2 Å². The summed E-state index contributed by atoms with van der Waals surface area (Å²) >= 11 is 0. The molecule has 0 unspecified atom stereocenters. The van der Waals surface area contributed by atoms with E-state index < -0.39 is 12.6 Å². The molecule has 3 aromatic carbocycles. The number of rotatable bonds is 7. The second kappa shape index (κ2) is 10.3. The first-order valence-electron chi connectivity index (χ1n) is 12.4. The van der Waals surface area contributed by atoms with Crippen LogP contribution in [0.15, 0.2) is 84.9 Å². The van der Waals surface area contributed by atoms with Gasteiger partial charge in [-0.2, -0.15) is 0 Å². The fourth-order valence-corrected chi connectivity index (χ4v) is 4.50.